The van der Waals surface area contributed by atoms with Crippen molar-refractivity contribution in [3.05, 3.63) is 0 Å². The van der Waals surface area contributed by atoms with Gasteiger partial charge in [-0.3, -0.25) is 18.9 Å². The second kappa shape index (κ2) is 9.23. The van der Waals surface area contributed by atoms with E-state index in [1.54, 1.807) is 0 Å². The molecule has 0 aromatic rings. The molecule has 0 bridgehead atoms. The van der Waals surface area contributed by atoms with Crippen molar-refractivity contribution in [2.45, 2.75) is 51.5 Å². The van der Waals surface area contributed by atoms with Gasteiger partial charge < -0.3 is 23.7 Å². The van der Waals surface area contributed by atoms with Crippen molar-refractivity contribution >= 4 is 28.3 Å². The molecular weight excluding hydrogens is 380 g/mol. The monoisotopic (exact) mass is 400 g/mol. The number of rotatable bonds is 7. The van der Waals surface area contributed by atoms with Crippen LogP contribution in [0.1, 0.15) is 20.8 Å². The van der Waals surface area contributed by atoms with E-state index < -0.39 is 65.6 Å². The summed E-state index contributed by atoms with van der Waals surface area (Å²) in [6, 6.07) is 0. The number of carbonyl (C=O) groups is 3. The van der Waals surface area contributed by atoms with E-state index >= 15 is 0 Å². The van der Waals surface area contributed by atoms with E-state index in [1.165, 1.54) is 7.11 Å². The van der Waals surface area contributed by atoms with Crippen molar-refractivity contribution in [1.29, 1.82) is 0 Å². The molecule has 5 atom stereocenters. The van der Waals surface area contributed by atoms with E-state index in [9.17, 15) is 22.8 Å². The van der Waals surface area contributed by atoms with E-state index in [4.69, 9.17) is 28.2 Å². The lowest BCUT2D eigenvalue weighted by molar-refractivity contribution is -0.301. The molecule has 1 heterocycles. The van der Waals surface area contributed by atoms with E-state index in [1.807, 2.05) is 0 Å². The second-order valence-electron chi connectivity index (χ2n) is 5.21. The van der Waals surface area contributed by atoms with E-state index in [0.29, 0.717) is 0 Å². The summed E-state index contributed by atoms with van der Waals surface area (Å²) >= 11 is 0. The van der Waals surface area contributed by atoms with Crippen LogP contribution in [0.15, 0.2) is 0 Å². The van der Waals surface area contributed by atoms with Gasteiger partial charge in [-0.25, -0.2) is 4.18 Å². The number of hydrogen-bond donors (Lipinski definition) is 1. The summed E-state index contributed by atoms with van der Waals surface area (Å²) in [7, 11) is -3.63. The zero-order valence-corrected chi connectivity index (χ0v) is 15.3. The number of esters is 3. The Kier molecular flexibility index (Phi) is 7.89. The summed E-state index contributed by atoms with van der Waals surface area (Å²) in [5.74, 6) is -2.37. The predicted octanol–water partition coefficient (Wildman–Crippen LogP) is -1.03. The fourth-order valence-electron chi connectivity index (χ4n) is 2.33. The molecule has 0 amide bonds. The normalized spacial score (nSPS) is 28.9. The molecule has 12 nitrogen and oxygen atoms in total. The molecular formula is C13H20O12S. The SMILES string of the molecule is CO[C@H]1O[C@H](COS(=O)(=O)O)[C@@H](OC(C)=O)[C@H](OC(C)=O)[C@H]1OC(C)=O. The Hall–Kier alpha value is -1.80. The van der Waals surface area contributed by atoms with Gasteiger partial charge >= 0.3 is 28.3 Å². The third kappa shape index (κ3) is 6.84. The first-order valence-electron chi connectivity index (χ1n) is 7.26. The maximum absolute atomic E-state index is 11.4. The number of ether oxygens (including phenoxy) is 5. The highest BCUT2D eigenvalue weighted by Gasteiger charge is 2.52. The summed E-state index contributed by atoms with van der Waals surface area (Å²) in [5.41, 5.74) is 0. The van der Waals surface area contributed by atoms with Gasteiger partial charge in [0.05, 0.1) is 6.61 Å². The summed E-state index contributed by atoms with van der Waals surface area (Å²) in [5, 5.41) is 0. The van der Waals surface area contributed by atoms with Gasteiger partial charge in [0, 0.05) is 27.9 Å². The van der Waals surface area contributed by atoms with Crippen molar-refractivity contribution in [3.63, 3.8) is 0 Å². The number of methoxy groups -OCH3 is 1. The Morgan fingerprint density at radius 3 is 1.81 bits per heavy atom. The van der Waals surface area contributed by atoms with Crippen LogP contribution in [-0.2, 0) is 52.7 Å². The molecule has 1 N–H and O–H groups in total. The van der Waals surface area contributed by atoms with Crippen LogP contribution in [-0.4, -0.2) is 75.3 Å². The molecule has 0 radical (unpaired) electrons. The first-order chi connectivity index (χ1) is 11.9. The predicted molar refractivity (Wildman–Crippen MR) is 79.8 cm³/mol. The van der Waals surface area contributed by atoms with E-state index in [-0.39, 0.29) is 0 Å². The average Bonchev–Trinajstić information content (AvgIpc) is 2.47. The fourth-order valence-corrected chi connectivity index (χ4v) is 2.64. The highest BCUT2D eigenvalue weighted by molar-refractivity contribution is 7.80. The summed E-state index contributed by atoms with van der Waals surface area (Å²) < 4.78 is 60.2. The lowest BCUT2D eigenvalue weighted by Gasteiger charge is -2.43. The van der Waals surface area contributed by atoms with Crippen LogP contribution in [0.25, 0.3) is 0 Å². The molecule has 0 unspecified atom stereocenters. The van der Waals surface area contributed by atoms with Crippen LogP contribution in [0.5, 0.6) is 0 Å². The van der Waals surface area contributed by atoms with Gasteiger partial charge in [-0.1, -0.05) is 0 Å². The lowest BCUT2D eigenvalue weighted by Crippen LogP contribution is -2.62. The van der Waals surface area contributed by atoms with Gasteiger partial charge in [0.15, 0.2) is 24.6 Å². The molecule has 0 aliphatic carbocycles. The van der Waals surface area contributed by atoms with Crippen molar-refractivity contribution in [2.75, 3.05) is 13.7 Å². The Labute approximate surface area is 149 Å². The van der Waals surface area contributed by atoms with Crippen molar-refractivity contribution in [1.82, 2.24) is 0 Å². The molecule has 0 aromatic carbocycles. The summed E-state index contributed by atoms with van der Waals surface area (Å²) in [4.78, 5) is 34.2. The van der Waals surface area contributed by atoms with Crippen LogP contribution >= 0.6 is 0 Å². The van der Waals surface area contributed by atoms with E-state index in [0.717, 1.165) is 20.8 Å². The van der Waals surface area contributed by atoms with Crippen LogP contribution in [0.3, 0.4) is 0 Å². The Bertz CT molecular complexity index is 629. The van der Waals surface area contributed by atoms with E-state index in [2.05, 4.69) is 4.18 Å². The topological polar surface area (TPSA) is 161 Å². The number of carbonyl (C=O) groups excluding carboxylic acids is 3. The second-order valence-corrected chi connectivity index (χ2v) is 6.30. The van der Waals surface area contributed by atoms with Gasteiger partial charge in [-0.05, 0) is 0 Å². The van der Waals surface area contributed by atoms with Crippen LogP contribution < -0.4 is 0 Å². The third-order valence-electron chi connectivity index (χ3n) is 3.11. The Balaban J connectivity index is 3.23. The Morgan fingerprint density at radius 1 is 0.923 bits per heavy atom. The first kappa shape index (κ1) is 22.2. The summed E-state index contributed by atoms with van der Waals surface area (Å²) in [6.07, 6.45) is -6.73. The van der Waals surface area contributed by atoms with Crippen LogP contribution in [0, 0.1) is 0 Å². The smallest absolute Gasteiger partial charge is 0.397 e. The Morgan fingerprint density at radius 2 is 1.38 bits per heavy atom. The zero-order valence-electron chi connectivity index (χ0n) is 14.4. The minimum Gasteiger partial charge on any atom is -0.456 e. The molecule has 0 aromatic heterocycles. The highest BCUT2D eigenvalue weighted by Crippen LogP contribution is 2.29. The van der Waals surface area contributed by atoms with Gasteiger partial charge in [-0.15, -0.1) is 0 Å². The largest absolute Gasteiger partial charge is 0.456 e. The van der Waals surface area contributed by atoms with Gasteiger partial charge in [-0.2, -0.15) is 8.42 Å². The van der Waals surface area contributed by atoms with Gasteiger partial charge in [0.2, 0.25) is 0 Å². The quantitative estimate of drug-likeness (QED) is 0.315. The molecule has 150 valence electrons. The van der Waals surface area contributed by atoms with Crippen molar-refractivity contribution < 1.29 is 55.2 Å². The minimum atomic E-state index is -4.83. The zero-order chi connectivity index (χ0) is 20.1. The molecule has 0 spiro atoms. The standard InChI is InChI=1S/C13H20O12S/c1-6(14)22-10-9(5-21-26(17,18)19)25-13(20-4)12(24-8(3)16)11(10)23-7(2)15/h9-13H,5H2,1-4H3,(H,17,18,19)/t9-,10-,11+,12-,13+/m1/s1. The maximum Gasteiger partial charge on any atom is 0.397 e. The van der Waals surface area contributed by atoms with Crippen LogP contribution in [0.4, 0.5) is 0 Å². The fraction of sp³-hybridized carbons (Fsp3) is 0.769. The molecule has 1 aliphatic rings. The van der Waals surface area contributed by atoms with Gasteiger partial charge in [0.1, 0.15) is 6.10 Å². The molecule has 26 heavy (non-hydrogen) atoms. The molecule has 1 saturated heterocycles. The molecule has 1 rings (SSSR count). The lowest BCUT2D eigenvalue weighted by atomic mass is 9.98. The maximum atomic E-state index is 11.4. The van der Waals surface area contributed by atoms with Crippen LogP contribution in [0.2, 0.25) is 0 Å². The minimum absolute atomic E-state index is 0.757. The van der Waals surface area contributed by atoms with Crippen molar-refractivity contribution in [2.24, 2.45) is 0 Å². The van der Waals surface area contributed by atoms with Crippen molar-refractivity contribution in [3.8, 4) is 0 Å². The third-order valence-corrected chi connectivity index (χ3v) is 3.54. The molecule has 1 aliphatic heterocycles. The van der Waals surface area contributed by atoms with Gasteiger partial charge in [0.25, 0.3) is 0 Å². The molecule has 1 fully saturated rings. The highest BCUT2D eigenvalue weighted by atomic mass is 32.3. The molecule has 13 heteroatoms. The summed E-state index contributed by atoms with van der Waals surface area (Å²) in [6.45, 7) is 2.42. The first-order valence-corrected chi connectivity index (χ1v) is 8.63. The average molecular weight is 400 g/mol. The number of hydrogen-bond acceptors (Lipinski definition) is 11. The molecule has 0 saturated carbocycles.